The molecule has 0 aromatic carbocycles. The summed E-state index contributed by atoms with van der Waals surface area (Å²) in [5, 5.41) is 11.3. The first-order chi connectivity index (χ1) is 12.5. The molecule has 2 aliphatic rings. The number of hydrogen-bond donors (Lipinski definition) is 1. The van der Waals surface area contributed by atoms with Gasteiger partial charge in [0.1, 0.15) is 11.4 Å². The van der Waals surface area contributed by atoms with Gasteiger partial charge in [-0.2, -0.15) is 0 Å². The Morgan fingerprint density at radius 1 is 1.27 bits per heavy atom. The van der Waals surface area contributed by atoms with Crippen LogP contribution < -0.4 is 5.73 Å². The maximum atomic E-state index is 11.6. The van der Waals surface area contributed by atoms with Gasteiger partial charge < -0.3 is 20.3 Å². The van der Waals surface area contributed by atoms with Gasteiger partial charge in [-0.05, 0) is 44.8 Å². The lowest BCUT2D eigenvalue weighted by Crippen LogP contribution is -2.48. The number of likely N-dealkylation sites (tertiary alicyclic amines) is 2. The number of aromatic nitrogens is 1. The number of nitrogen functional groups attached to an aromatic ring is 1. The van der Waals surface area contributed by atoms with Gasteiger partial charge in [-0.15, -0.1) is 0 Å². The molecule has 1 aromatic rings. The predicted octanol–water partition coefficient (Wildman–Crippen LogP) is 1.98. The van der Waals surface area contributed by atoms with Gasteiger partial charge in [0.25, 0.3) is 0 Å². The molecule has 0 spiro atoms. The van der Waals surface area contributed by atoms with E-state index in [1.807, 2.05) is 0 Å². The van der Waals surface area contributed by atoms with E-state index in [0.29, 0.717) is 24.8 Å². The second kappa shape index (κ2) is 7.86. The zero-order chi connectivity index (χ0) is 18.7. The quantitative estimate of drug-likeness (QED) is 0.645. The molecule has 2 aliphatic heterocycles. The van der Waals surface area contributed by atoms with Gasteiger partial charge in [0.05, 0.1) is 12.0 Å². The molecule has 3 heterocycles. The van der Waals surface area contributed by atoms with Crippen LogP contribution in [0.5, 0.6) is 0 Å². The number of nitrogens with two attached hydrogens (primary N) is 1. The number of anilines is 1. The van der Waals surface area contributed by atoms with Crippen molar-refractivity contribution in [3.8, 4) is 0 Å². The molecule has 1 amide bonds. The van der Waals surface area contributed by atoms with Crippen LogP contribution in [-0.4, -0.2) is 65.1 Å². The lowest BCUT2D eigenvalue weighted by atomic mass is 9.90. The van der Waals surface area contributed by atoms with Crippen LogP contribution in [0.1, 0.15) is 37.3 Å². The molecule has 0 bridgehead atoms. The van der Waals surface area contributed by atoms with Crippen molar-refractivity contribution in [3.63, 3.8) is 0 Å². The molecule has 9 heteroatoms. The van der Waals surface area contributed by atoms with Crippen molar-refractivity contribution in [2.24, 2.45) is 0 Å². The first-order valence-corrected chi connectivity index (χ1v) is 8.97. The second-order valence-electron chi connectivity index (χ2n) is 6.89. The average molecular weight is 363 g/mol. The topological polar surface area (TPSA) is 115 Å². The number of carbonyl (C=O) groups excluding carboxylic acids is 1. The fraction of sp³-hybridized carbons (Fsp3) is 0.647. The minimum Gasteiger partial charge on any atom is -0.453 e. The van der Waals surface area contributed by atoms with E-state index in [9.17, 15) is 14.9 Å². The van der Waals surface area contributed by atoms with Crippen molar-refractivity contribution >= 4 is 17.5 Å². The smallest absolute Gasteiger partial charge is 0.409 e. The largest absolute Gasteiger partial charge is 0.453 e. The number of methoxy groups -OCH3 is 1. The molecule has 3 rings (SSSR count). The van der Waals surface area contributed by atoms with Gasteiger partial charge in [0.15, 0.2) is 0 Å². The molecule has 0 saturated carbocycles. The number of ether oxygens (including phenoxy) is 1. The van der Waals surface area contributed by atoms with Crippen molar-refractivity contribution in [2.75, 3.05) is 39.0 Å². The van der Waals surface area contributed by atoms with Crippen LogP contribution >= 0.6 is 0 Å². The molecule has 1 aromatic heterocycles. The molecule has 0 radical (unpaired) electrons. The molecule has 142 valence electrons. The van der Waals surface area contributed by atoms with E-state index in [2.05, 4.69) is 9.88 Å². The highest BCUT2D eigenvalue weighted by molar-refractivity contribution is 5.67. The van der Waals surface area contributed by atoms with Crippen molar-refractivity contribution in [3.05, 3.63) is 28.1 Å². The van der Waals surface area contributed by atoms with E-state index in [-0.39, 0.29) is 23.4 Å². The third-order valence-corrected chi connectivity index (χ3v) is 5.50. The maximum Gasteiger partial charge on any atom is 0.409 e. The van der Waals surface area contributed by atoms with Crippen molar-refractivity contribution in [1.82, 2.24) is 14.8 Å². The van der Waals surface area contributed by atoms with E-state index < -0.39 is 4.92 Å². The van der Waals surface area contributed by atoms with Crippen molar-refractivity contribution in [2.45, 2.75) is 37.6 Å². The Bertz CT molecular complexity index is 667. The highest BCUT2D eigenvalue weighted by Crippen LogP contribution is 2.36. The minimum absolute atomic E-state index is 0.0441. The third kappa shape index (κ3) is 3.72. The molecule has 2 fully saturated rings. The van der Waals surface area contributed by atoms with Crippen LogP contribution in [0.4, 0.5) is 16.2 Å². The molecular weight excluding hydrogens is 338 g/mol. The fourth-order valence-corrected chi connectivity index (χ4v) is 4.06. The van der Waals surface area contributed by atoms with Gasteiger partial charge in [0, 0.05) is 31.2 Å². The lowest BCUT2D eigenvalue weighted by Gasteiger charge is -2.41. The Morgan fingerprint density at radius 3 is 2.50 bits per heavy atom. The summed E-state index contributed by atoms with van der Waals surface area (Å²) in [4.78, 5) is 30.9. The second-order valence-corrected chi connectivity index (χ2v) is 6.89. The van der Waals surface area contributed by atoms with Crippen LogP contribution in [0.25, 0.3) is 0 Å². The van der Waals surface area contributed by atoms with E-state index in [4.69, 9.17) is 10.5 Å². The van der Waals surface area contributed by atoms with E-state index in [1.54, 1.807) is 11.1 Å². The van der Waals surface area contributed by atoms with E-state index >= 15 is 0 Å². The van der Waals surface area contributed by atoms with Crippen LogP contribution in [-0.2, 0) is 4.74 Å². The number of piperidine rings is 2. The summed E-state index contributed by atoms with van der Waals surface area (Å²) in [6.45, 7) is 3.17. The summed E-state index contributed by atoms with van der Waals surface area (Å²) >= 11 is 0. The number of nitro groups is 1. The molecule has 0 atom stereocenters. The van der Waals surface area contributed by atoms with Gasteiger partial charge >= 0.3 is 11.8 Å². The van der Waals surface area contributed by atoms with Gasteiger partial charge in [-0.25, -0.2) is 4.79 Å². The number of nitrogens with zero attached hydrogens (tertiary/aromatic N) is 4. The van der Waals surface area contributed by atoms with Crippen LogP contribution in [0.15, 0.2) is 12.3 Å². The number of amides is 1. The Hall–Kier alpha value is -2.42. The van der Waals surface area contributed by atoms with Crippen molar-refractivity contribution < 1.29 is 14.5 Å². The summed E-state index contributed by atoms with van der Waals surface area (Å²) in [7, 11) is 1.41. The highest BCUT2D eigenvalue weighted by atomic mass is 16.6. The zero-order valence-corrected chi connectivity index (χ0v) is 15.0. The summed E-state index contributed by atoms with van der Waals surface area (Å²) in [6, 6.07) is 1.92. The lowest BCUT2D eigenvalue weighted by molar-refractivity contribution is -0.385. The molecular formula is C17H25N5O4. The van der Waals surface area contributed by atoms with Gasteiger partial charge in [0.2, 0.25) is 0 Å². The summed E-state index contributed by atoms with van der Waals surface area (Å²) < 4.78 is 4.77. The van der Waals surface area contributed by atoms with Crippen molar-refractivity contribution in [1.29, 1.82) is 0 Å². The summed E-state index contributed by atoms with van der Waals surface area (Å²) in [6.07, 6.45) is 4.80. The first-order valence-electron chi connectivity index (χ1n) is 8.97. The monoisotopic (exact) mass is 363 g/mol. The van der Waals surface area contributed by atoms with Gasteiger partial charge in [-0.1, -0.05) is 0 Å². The summed E-state index contributed by atoms with van der Waals surface area (Å²) in [5.74, 6) is 0.0605. The number of carbonyl (C=O) groups is 1. The standard InChI is InChI=1S/C17H25N5O4/c1-26-17(23)21-10-5-13(6-11-21)20-8-3-12(4-9-20)15-16(22(24)25)14(18)2-7-19-15/h2,7,12-13H,3-6,8-11H2,1H3,(H2,18,19). The molecule has 2 saturated heterocycles. The molecule has 2 N–H and O–H groups in total. The van der Waals surface area contributed by atoms with E-state index in [0.717, 1.165) is 38.8 Å². The zero-order valence-electron chi connectivity index (χ0n) is 15.0. The summed E-state index contributed by atoms with van der Waals surface area (Å²) in [5.41, 5.74) is 6.43. The Labute approximate surface area is 152 Å². The number of hydrogen-bond acceptors (Lipinski definition) is 7. The fourth-order valence-electron chi connectivity index (χ4n) is 4.06. The Balaban J connectivity index is 1.58. The Morgan fingerprint density at radius 2 is 1.92 bits per heavy atom. The SMILES string of the molecule is COC(=O)N1CCC(N2CCC(c3nccc(N)c3[N+](=O)[O-])CC2)CC1. The Kier molecular flexibility index (Phi) is 5.55. The first kappa shape index (κ1) is 18.4. The molecule has 0 unspecified atom stereocenters. The maximum absolute atomic E-state index is 11.6. The predicted molar refractivity (Wildman–Crippen MR) is 95.9 cm³/mol. The normalized spacial score (nSPS) is 20.1. The average Bonchev–Trinajstić information content (AvgIpc) is 2.67. The number of pyridine rings is 1. The highest BCUT2D eigenvalue weighted by Gasteiger charge is 2.33. The molecule has 9 nitrogen and oxygen atoms in total. The van der Waals surface area contributed by atoms with Crippen LogP contribution in [0.3, 0.4) is 0 Å². The minimum atomic E-state index is -0.424. The molecule has 26 heavy (non-hydrogen) atoms. The third-order valence-electron chi connectivity index (χ3n) is 5.50. The van der Waals surface area contributed by atoms with Crippen LogP contribution in [0, 0.1) is 10.1 Å². The van der Waals surface area contributed by atoms with Gasteiger partial charge in [-0.3, -0.25) is 15.1 Å². The van der Waals surface area contributed by atoms with Crippen LogP contribution in [0.2, 0.25) is 0 Å². The van der Waals surface area contributed by atoms with E-state index in [1.165, 1.54) is 13.2 Å². The number of rotatable bonds is 3. The molecule has 0 aliphatic carbocycles.